The van der Waals surface area contributed by atoms with E-state index in [0.717, 1.165) is 19.4 Å². The molecule has 0 saturated heterocycles. The van der Waals surface area contributed by atoms with Gasteiger partial charge in [0.1, 0.15) is 6.79 Å². The van der Waals surface area contributed by atoms with Gasteiger partial charge in [-0.25, -0.2) is 0 Å². The van der Waals surface area contributed by atoms with Crippen molar-refractivity contribution in [2.45, 2.75) is 39.2 Å². The molecule has 0 aliphatic heterocycles. The molecule has 0 rings (SSSR count). The molecule has 0 saturated carbocycles. The van der Waals surface area contributed by atoms with Crippen molar-refractivity contribution in [2.75, 3.05) is 20.0 Å². The van der Waals surface area contributed by atoms with Crippen molar-refractivity contribution in [3.8, 4) is 0 Å². The van der Waals surface area contributed by atoms with Crippen LogP contribution in [0, 0.1) is 0 Å². The molecule has 3 heteroatoms. The van der Waals surface area contributed by atoms with Crippen molar-refractivity contribution in [3.63, 3.8) is 0 Å². The summed E-state index contributed by atoms with van der Waals surface area (Å²) >= 11 is 0. The van der Waals surface area contributed by atoms with E-state index in [1.54, 1.807) is 0 Å². The highest BCUT2D eigenvalue weighted by molar-refractivity contribution is 4.58. The summed E-state index contributed by atoms with van der Waals surface area (Å²) in [7, 11) is 0. The Balaban J connectivity index is 3.01. The van der Waals surface area contributed by atoms with E-state index < -0.39 is 0 Å². The van der Waals surface area contributed by atoms with E-state index in [9.17, 15) is 0 Å². The molecule has 0 radical (unpaired) electrons. The van der Waals surface area contributed by atoms with E-state index in [2.05, 4.69) is 0 Å². The molecule has 0 aliphatic rings. The molecule has 0 amide bonds. The summed E-state index contributed by atoms with van der Waals surface area (Å²) in [6, 6.07) is 0. The first-order valence-electron chi connectivity index (χ1n) is 4.39. The summed E-state index contributed by atoms with van der Waals surface area (Å²) in [5, 5.41) is 8.30. The fourth-order valence-corrected chi connectivity index (χ4v) is 0.749. The number of aliphatic hydroxyl groups is 1. The molecule has 0 unspecified atom stereocenters. The lowest BCUT2D eigenvalue weighted by Crippen LogP contribution is -2.19. The third kappa shape index (κ3) is 9.88. The molecule has 0 aromatic carbocycles. The Hall–Kier alpha value is -0.120. The van der Waals surface area contributed by atoms with Gasteiger partial charge in [0.05, 0.1) is 5.60 Å². The maximum Gasteiger partial charge on any atom is 0.143 e. The highest BCUT2D eigenvalue weighted by Crippen LogP contribution is 2.07. The molecular formula is C9H20O3. The molecule has 0 aromatic rings. The van der Waals surface area contributed by atoms with Gasteiger partial charge < -0.3 is 14.6 Å². The highest BCUT2D eigenvalue weighted by Gasteiger charge is 2.08. The quantitative estimate of drug-likeness (QED) is 0.493. The summed E-state index contributed by atoms with van der Waals surface area (Å²) in [4.78, 5) is 0. The molecule has 0 heterocycles. The average Bonchev–Trinajstić information content (AvgIpc) is 1.94. The Labute approximate surface area is 74.7 Å². The summed E-state index contributed by atoms with van der Waals surface area (Å²) in [5.74, 6) is 0. The van der Waals surface area contributed by atoms with Crippen molar-refractivity contribution < 1.29 is 14.6 Å². The molecule has 0 aliphatic carbocycles. The highest BCUT2D eigenvalue weighted by atomic mass is 16.6. The van der Waals surface area contributed by atoms with Crippen molar-refractivity contribution in [1.82, 2.24) is 0 Å². The van der Waals surface area contributed by atoms with Crippen LogP contribution in [0.3, 0.4) is 0 Å². The summed E-state index contributed by atoms with van der Waals surface area (Å²) < 4.78 is 10.3. The SMILES string of the molecule is CC(C)(C)OCCCCOCO. The van der Waals surface area contributed by atoms with Crippen molar-refractivity contribution in [2.24, 2.45) is 0 Å². The monoisotopic (exact) mass is 176 g/mol. The van der Waals surface area contributed by atoms with Crippen molar-refractivity contribution >= 4 is 0 Å². The van der Waals surface area contributed by atoms with Crippen LogP contribution in [0.25, 0.3) is 0 Å². The van der Waals surface area contributed by atoms with Crippen LogP contribution in [0.15, 0.2) is 0 Å². The van der Waals surface area contributed by atoms with Gasteiger partial charge in [0.2, 0.25) is 0 Å². The van der Waals surface area contributed by atoms with Crippen molar-refractivity contribution in [3.05, 3.63) is 0 Å². The van der Waals surface area contributed by atoms with E-state index >= 15 is 0 Å². The van der Waals surface area contributed by atoms with Gasteiger partial charge >= 0.3 is 0 Å². The van der Waals surface area contributed by atoms with Crippen LogP contribution >= 0.6 is 0 Å². The normalized spacial score (nSPS) is 12.0. The summed E-state index contributed by atoms with van der Waals surface area (Å²) in [6.45, 7) is 7.31. The summed E-state index contributed by atoms with van der Waals surface area (Å²) in [6.07, 6.45) is 1.92. The number of aliphatic hydroxyl groups excluding tert-OH is 1. The van der Waals surface area contributed by atoms with Crippen LogP contribution in [0.4, 0.5) is 0 Å². The van der Waals surface area contributed by atoms with E-state index in [-0.39, 0.29) is 12.4 Å². The zero-order valence-corrected chi connectivity index (χ0v) is 8.30. The van der Waals surface area contributed by atoms with Gasteiger partial charge in [-0.05, 0) is 33.6 Å². The molecule has 0 aromatic heterocycles. The third-order valence-corrected chi connectivity index (χ3v) is 1.31. The lowest BCUT2D eigenvalue weighted by molar-refractivity contribution is -0.0207. The van der Waals surface area contributed by atoms with E-state index in [0.29, 0.717) is 6.61 Å². The minimum Gasteiger partial charge on any atom is -0.376 e. The second-order valence-corrected chi connectivity index (χ2v) is 3.71. The lowest BCUT2D eigenvalue weighted by atomic mass is 10.2. The number of rotatable bonds is 6. The molecule has 12 heavy (non-hydrogen) atoms. The van der Waals surface area contributed by atoms with E-state index in [1.807, 2.05) is 20.8 Å². The topological polar surface area (TPSA) is 38.7 Å². The Morgan fingerprint density at radius 2 is 1.67 bits per heavy atom. The minimum absolute atomic E-state index is 0.0438. The van der Waals surface area contributed by atoms with Crippen molar-refractivity contribution in [1.29, 1.82) is 0 Å². The Kier molecular flexibility index (Phi) is 6.34. The van der Waals surface area contributed by atoms with Gasteiger partial charge in [-0.2, -0.15) is 0 Å². The molecule has 74 valence electrons. The molecule has 0 bridgehead atoms. The zero-order chi connectivity index (χ0) is 9.45. The maximum absolute atomic E-state index is 8.30. The van der Waals surface area contributed by atoms with Gasteiger partial charge in [0, 0.05) is 13.2 Å². The van der Waals surface area contributed by atoms with Gasteiger partial charge in [-0.3, -0.25) is 0 Å². The first-order valence-corrected chi connectivity index (χ1v) is 4.39. The first kappa shape index (κ1) is 11.9. The Morgan fingerprint density at radius 3 is 2.17 bits per heavy atom. The van der Waals surface area contributed by atoms with Crippen LogP contribution in [-0.2, 0) is 9.47 Å². The fourth-order valence-electron chi connectivity index (χ4n) is 0.749. The van der Waals surface area contributed by atoms with Crippen LogP contribution in [0.5, 0.6) is 0 Å². The molecule has 1 N–H and O–H groups in total. The molecule has 0 fully saturated rings. The van der Waals surface area contributed by atoms with Crippen LogP contribution in [0.1, 0.15) is 33.6 Å². The van der Waals surface area contributed by atoms with Gasteiger partial charge in [0.15, 0.2) is 0 Å². The standard InChI is InChI=1S/C9H20O3/c1-9(2,3)12-7-5-4-6-11-8-10/h10H,4-8H2,1-3H3. The second kappa shape index (κ2) is 6.40. The molecule has 3 nitrogen and oxygen atoms in total. The van der Waals surface area contributed by atoms with Crippen LogP contribution in [-0.4, -0.2) is 30.7 Å². The minimum atomic E-state index is -0.180. The smallest absolute Gasteiger partial charge is 0.143 e. The number of ether oxygens (including phenoxy) is 2. The largest absolute Gasteiger partial charge is 0.376 e. The van der Waals surface area contributed by atoms with Gasteiger partial charge in [0.25, 0.3) is 0 Å². The molecular weight excluding hydrogens is 156 g/mol. The maximum atomic E-state index is 8.30. The number of hydrogen-bond donors (Lipinski definition) is 1. The first-order chi connectivity index (χ1) is 5.56. The van der Waals surface area contributed by atoms with Crippen LogP contribution in [0.2, 0.25) is 0 Å². The van der Waals surface area contributed by atoms with Crippen LogP contribution < -0.4 is 0 Å². The van der Waals surface area contributed by atoms with E-state index in [4.69, 9.17) is 14.6 Å². The third-order valence-electron chi connectivity index (χ3n) is 1.31. The Morgan fingerprint density at radius 1 is 1.08 bits per heavy atom. The zero-order valence-electron chi connectivity index (χ0n) is 8.30. The second-order valence-electron chi connectivity index (χ2n) is 3.71. The summed E-state index contributed by atoms with van der Waals surface area (Å²) in [5.41, 5.74) is -0.0438. The van der Waals surface area contributed by atoms with Gasteiger partial charge in [-0.15, -0.1) is 0 Å². The van der Waals surface area contributed by atoms with E-state index in [1.165, 1.54) is 0 Å². The molecule has 0 spiro atoms. The number of hydrogen-bond acceptors (Lipinski definition) is 3. The predicted octanol–water partition coefficient (Wildman–Crippen LogP) is 1.55. The predicted molar refractivity (Wildman–Crippen MR) is 48.0 cm³/mol. The van der Waals surface area contributed by atoms with Gasteiger partial charge in [-0.1, -0.05) is 0 Å². The number of unbranched alkanes of at least 4 members (excludes halogenated alkanes) is 1. The molecule has 0 atom stereocenters. The average molecular weight is 176 g/mol. The fraction of sp³-hybridized carbons (Fsp3) is 1.00. The Bertz CT molecular complexity index is 96.4. The lowest BCUT2D eigenvalue weighted by Gasteiger charge is -2.19.